The first-order chi connectivity index (χ1) is 11.1. The van der Waals surface area contributed by atoms with Gasteiger partial charge in [-0.3, -0.25) is 4.79 Å². The van der Waals surface area contributed by atoms with Crippen LogP contribution in [0, 0.1) is 13.8 Å². The molecule has 23 heavy (non-hydrogen) atoms. The smallest absolute Gasteiger partial charge is 0.317 e. The number of likely N-dealkylation sites (tertiary alicyclic amines) is 1. The van der Waals surface area contributed by atoms with Crippen molar-refractivity contribution in [2.24, 2.45) is 0 Å². The van der Waals surface area contributed by atoms with Crippen LogP contribution in [0.3, 0.4) is 0 Å². The number of thioether (sulfide) groups is 1. The van der Waals surface area contributed by atoms with Crippen LogP contribution in [0.2, 0.25) is 0 Å². The predicted octanol–water partition coefficient (Wildman–Crippen LogP) is 2.75. The van der Waals surface area contributed by atoms with E-state index in [2.05, 4.69) is 9.97 Å². The maximum Gasteiger partial charge on any atom is 0.317 e. The van der Waals surface area contributed by atoms with E-state index in [1.54, 1.807) is 0 Å². The molecule has 3 rings (SSSR count). The second-order valence-corrected chi connectivity index (χ2v) is 7.81. The third-order valence-electron chi connectivity index (χ3n) is 4.48. The Hall–Kier alpha value is -1.30. The molecule has 1 atom stereocenters. The maximum atomic E-state index is 12.3. The number of amides is 1. The number of rotatable bonds is 5. The standard InChI is InChI=1S/C17H25N3O2S/c1-12-9-13(2)19-17(18-12)22-14-7-8-20(10-14)16(21)11-23-15-5-3-4-6-15/h9,14-15H,3-8,10-11H2,1-2H3/t14-/m1/s1. The van der Waals surface area contributed by atoms with Gasteiger partial charge in [-0.15, -0.1) is 11.8 Å². The van der Waals surface area contributed by atoms with Gasteiger partial charge in [0.2, 0.25) is 5.91 Å². The highest BCUT2D eigenvalue weighted by molar-refractivity contribution is 8.00. The fourth-order valence-electron chi connectivity index (χ4n) is 3.28. The van der Waals surface area contributed by atoms with Gasteiger partial charge in [0.15, 0.2) is 0 Å². The van der Waals surface area contributed by atoms with Crippen LogP contribution >= 0.6 is 11.8 Å². The Bertz CT molecular complexity index is 541. The van der Waals surface area contributed by atoms with Gasteiger partial charge in [-0.2, -0.15) is 0 Å². The van der Waals surface area contributed by atoms with Crippen LogP contribution in [-0.2, 0) is 4.79 Å². The van der Waals surface area contributed by atoms with Crippen LogP contribution in [0.1, 0.15) is 43.5 Å². The molecule has 0 bridgehead atoms. The molecule has 1 aromatic rings. The van der Waals surface area contributed by atoms with Gasteiger partial charge in [-0.05, 0) is 32.8 Å². The minimum Gasteiger partial charge on any atom is -0.458 e. The second kappa shape index (κ2) is 7.51. The average Bonchev–Trinajstić information content (AvgIpc) is 3.15. The van der Waals surface area contributed by atoms with Crippen molar-refractivity contribution in [2.45, 2.75) is 57.3 Å². The molecule has 1 saturated heterocycles. The summed E-state index contributed by atoms with van der Waals surface area (Å²) in [5, 5.41) is 0.692. The first kappa shape index (κ1) is 16.6. The van der Waals surface area contributed by atoms with Crippen molar-refractivity contribution in [1.29, 1.82) is 0 Å². The summed E-state index contributed by atoms with van der Waals surface area (Å²) in [6.07, 6.45) is 6.05. The minimum absolute atomic E-state index is 0.0108. The second-order valence-electron chi connectivity index (χ2n) is 6.52. The van der Waals surface area contributed by atoms with E-state index in [9.17, 15) is 4.79 Å². The molecule has 5 nitrogen and oxygen atoms in total. The molecule has 0 unspecified atom stereocenters. The number of aromatic nitrogens is 2. The van der Waals surface area contributed by atoms with E-state index >= 15 is 0 Å². The van der Waals surface area contributed by atoms with Crippen LogP contribution in [0.15, 0.2) is 6.07 Å². The SMILES string of the molecule is Cc1cc(C)nc(O[C@@H]2CCN(C(=O)CSC3CCCC3)C2)n1. The van der Waals surface area contributed by atoms with Crippen LogP contribution < -0.4 is 4.74 Å². The molecule has 1 amide bonds. The molecule has 1 aliphatic carbocycles. The molecule has 1 aromatic heterocycles. The molecule has 0 spiro atoms. The molecule has 0 N–H and O–H groups in total. The topological polar surface area (TPSA) is 55.3 Å². The van der Waals surface area contributed by atoms with E-state index < -0.39 is 0 Å². The van der Waals surface area contributed by atoms with E-state index in [1.165, 1.54) is 25.7 Å². The Kier molecular flexibility index (Phi) is 5.41. The quantitative estimate of drug-likeness (QED) is 0.828. The zero-order valence-electron chi connectivity index (χ0n) is 14.0. The van der Waals surface area contributed by atoms with Gasteiger partial charge in [0.05, 0.1) is 12.3 Å². The number of hydrogen-bond donors (Lipinski definition) is 0. The summed E-state index contributed by atoms with van der Waals surface area (Å²) in [5.74, 6) is 0.853. The lowest BCUT2D eigenvalue weighted by atomic mass is 10.3. The van der Waals surface area contributed by atoms with Crippen LogP contribution in [0.5, 0.6) is 6.01 Å². The Labute approximate surface area is 142 Å². The molecule has 2 heterocycles. The summed E-state index contributed by atoms with van der Waals surface area (Å²) >= 11 is 1.83. The maximum absolute atomic E-state index is 12.3. The summed E-state index contributed by atoms with van der Waals surface area (Å²) in [4.78, 5) is 22.9. The third-order valence-corrected chi connectivity index (χ3v) is 5.83. The fraction of sp³-hybridized carbons (Fsp3) is 0.706. The molecule has 126 valence electrons. The van der Waals surface area contributed by atoms with E-state index in [-0.39, 0.29) is 12.0 Å². The zero-order chi connectivity index (χ0) is 16.2. The Balaban J connectivity index is 1.46. The number of hydrogen-bond acceptors (Lipinski definition) is 5. The van der Waals surface area contributed by atoms with Gasteiger partial charge in [0, 0.05) is 29.6 Å². The molecule has 0 radical (unpaired) electrons. The lowest BCUT2D eigenvalue weighted by molar-refractivity contribution is -0.127. The number of ether oxygens (including phenoxy) is 1. The van der Waals surface area contributed by atoms with Gasteiger partial charge in [-0.25, -0.2) is 9.97 Å². The largest absolute Gasteiger partial charge is 0.458 e. The van der Waals surface area contributed by atoms with E-state index in [0.717, 1.165) is 24.4 Å². The van der Waals surface area contributed by atoms with Crippen molar-refractivity contribution < 1.29 is 9.53 Å². The Morgan fingerprint density at radius 1 is 1.26 bits per heavy atom. The lowest BCUT2D eigenvalue weighted by Gasteiger charge is -2.18. The summed E-state index contributed by atoms with van der Waals surface area (Å²) in [7, 11) is 0. The van der Waals surface area contributed by atoms with Gasteiger partial charge < -0.3 is 9.64 Å². The van der Waals surface area contributed by atoms with Crippen LogP contribution in [0.25, 0.3) is 0 Å². The first-order valence-electron chi connectivity index (χ1n) is 8.48. The number of carbonyl (C=O) groups is 1. The Morgan fingerprint density at radius 2 is 1.96 bits per heavy atom. The van der Waals surface area contributed by atoms with Crippen molar-refractivity contribution in [3.8, 4) is 6.01 Å². The van der Waals surface area contributed by atoms with Crippen molar-refractivity contribution in [3.63, 3.8) is 0 Å². The number of nitrogens with zero attached hydrogens (tertiary/aromatic N) is 3. The minimum atomic E-state index is 0.0108. The first-order valence-corrected chi connectivity index (χ1v) is 9.53. The van der Waals surface area contributed by atoms with E-state index in [1.807, 2.05) is 36.6 Å². The zero-order valence-corrected chi connectivity index (χ0v) is 14.8. The fourth-order valence-corrected chi connectivity index (χ4v) is 4.51. The third kappa shape index (κ3) is 4.59. The monoisotopic (exact) mass is 335 g/mol. The number of carbonyl (C=O) groups excluding carboxylic acids is 1. The lowest BCUT2D eigenvalue weighted by Crippen LogP contribution is -2.32. The molecule has 6 heteroatoms. The molecule has 0 aromatic carbocycles. The Morgan fingerprint density at radius 3 is 2.65 bits per heavy atom. The highest BCUT2D eigenvalue weighted by atomic mass is 32.2. The highest BCUT2D eigenvalue weighted by Crippen LogP contribution is 2.29. The number of aryl methyl sites for hydroxylation is 2. The van der Waals surface area contributed by atoms with Gasteiger partial charge in [-0.1, -0.05) is 12.8 Å². The van der Waals surface area contributed by atoms with E-state index in [4.69, 9.17) is 4.74 Å². The molecule has 1 aliphatic heterocycles. The van der Waals surface area contributed by atoms with Crippen molar-refractivity contribution in [2.75, 3.05) is 18.8 Å². The normalized spacial score (nSPS) is 21.8. The van der Waals surface area contributed by atoms with Gasteiger partial charge >= 0.3 is 6.01 Å². The van der Waals surface area contributed by atoms with Crippen molar-refractivity contribution in [3.05, 3.63) is 17.5 Å². The molecule has 2 aliphatic rings. The highest BCUT2D eigenvalue weighted by Gasteiger charge is 2.29. The van der Waals surface area contributed by atoms with Gasteiger partial charge in [0.25, 0.3) is 0 Å². The molecular weight excluding hydrogens is 310 g/mol. The predicted molar refractivity (Wildman–Crippen MR) is 91.8 cm³/mol. The average molecular weight is 335 g/mol. The molecule has 2 fully saturated rings. The van der Waals surface area contributed by atoms with Crippen molar-refractivity contribution in [1.82, 2.24) is 14.9 Å². The summed E-state index contributed by atoms with van der Waals surface area (Å²) < 4.78 is 5.87. The van der Waals surface area contributed by atoms with Crippen LogP contribution in [-0.4, -0.2) is 51.0 Å². The van der Waals surface area contributed by atoms with Crippen molar-refractivity contribution >= 4 is 17.7 Å². The van der Waals surface area contributed by atoms with Crippen LogP contribution in [0.4, 0.5) is 0 Å². The van der Waals surface area contributed by atoms with Gasteiger partial charge in [0.1, 0.15) is 6.10 Å². The summed E-state index contributed by atoms with van der Waals surface area (Å²) in [5.41, 5.74) is 1.82. The molecule has 1 saturated carbocycles. The van der Waals surface area contributed by atoms with E-state index in [0.29, 0.717) is 23.6 Å². The molecular formula is C17H25N3O2S. The summed E-state index contributed by atoms with van der Waals surface area (Å²) in [6, 6.07) is 2.36. The summed E-state index contributed by atoms with van der Waals surface area (Å²) in [6.45, 7) is 5.30.